The van der Waals surface area contributed by atoms with Gasteiger partial charge in [0.25, 0.3) is 5.91 Å². The van der Waals surface area contributed by atoms with Gasteiger partial charge in [0.15, 0.2) is 0 Å². The van der Waals surface area contributed by atoms with Crippen molar-refractivity contribution >= 4 is 5.91 Å². The van der Waals surface area contributed by atoms with Gasteiger partial charge >= 0.3 is 0 Å². The SMILES string of the molecule is O=C1NCC2(C/C=C/CCOc3ccccc31)CCN(CC1CCOCC1)CC2. The van der Waals surface area contributed by atoms with Crippen molar-refractivity contribution in [3.8, 4) is 5.75 Å². The van der Waals surface area contributed by atoms with Crippen molar-refractivity contribution in [3.05, 3.63) is 42.0 Å². The second-order valence-corrected chi connectivity index (χ2v) is 8.85. The highest BCUT2D eigenvalue weighted by atomic mass is 16.5. The fourth-order valence-electron chi connectivity index (χ4n) is 4.79. The second-order valence-electron chi connectivity index (χ2n) is 8.85. The van der Waals surface area contributed by atoms with Gasteiger partial charge in [0.2, 0.25) is 0 Å². The van der Waals surface area contributed by atoms with Crippen LogP contribution in [0.25, 0.3) is 0 Å². The summed E-state index contributed by atoms with van der Waals surface area (Å²) in [6.45, 7) is 6.63. The van der Waals surface area contributed by atoms with E-state index in [-0.39, 0.29) is 11.3 Å². The van der Waals surface area contributed by atoms with E-state index in [4.69, 9.17) is 9.47 Å². The van der Waals surface area contributed by atoms with E-state index in [1.54, 1.807) is 0 Å². The molecule has 3 heterocycles. The van der Waals surface area contributed by atoms with E-state index >= 15 is 0 Å². The normalized spacial score (nSPS) is 25.2. The summed E-state index contributed by atoms with van der Waals surface area (Å²) < 4.78 is 11.3. The molecule has 5 nitrogen and oxygen atoms in total. The molecule has 3 aliphatic rings. The summed E-state index contributed by atoms with van der Waals surface area (Å²) >= 11 is 0. The lowest BCUT2D eigenvalue weighted by atomic mass is 9.75. The zero-order valence-corrected chi connectivity index (χ0v) is 17.4. The molecule has 2 saturated heterocycles. The van der Waals surface area contributed by atoms with Crippen molar-refractivity contribution in [2.45, 2.75) is 38.5 Å². The maximum Gasteiger partial charge on any atom is 0.255 e. The van der Waals surface area contributed by atoms with Gasteiger partial charge in [0, 0.05) is 26.3 Å². The van der Waals surface area contributed by atoms with E-state index in [9.17, 15) is 4.79 Å². The lowest BCUT2D eigenvalue weighted by Crippen LogP contribution is -2.47. The Balaban J connectivity index is 1.39. The molecule has 3 aliphatic heterocycles. The van der Waals surface area contributed by atoms with Crippen molar-refractivity contribution in [2.24, 2.45) is 11.3 Å². The van der Waals surface area contributed by atoms with E-state index < -0.39 is 0 Å². The number of fused-ring (bicyclic) bond motifs is 1. The molecular formula is C24H34N2O3. The summed E-state index contributed by atoms with van der Waals surface area (Å²) in [4.78, 5) is 15.5. The Hall–Kier alpha value is -1.85. The van der Waals surface area contributed by atoms with Crippen LogP contribution in [0.1, 0.15) is 48.9 Å². The fraction of sp³-hybridized carbons (Fsp3) is 0.625. The fourth-order valence-corrected chi connectivity index (χ4v) is 4.79. The van der Waals surface area contributed by atoms with Crippen LogP contribution >= 0.6 is 0 Å². The lowest BCUT2D eigenvalue weighted by Gasteiger charge is -2.43. The van der Waals surface area contributed by atoms with Gasteiger partial charge in [-0.2, -0.15) is 0 Å². The Bertz CT molecular complexity index is 704. The van der Waals surface area contributed by atoms with E-state index in [1.807, 2.05) is 24.3 Å². The molecule has 158 valence electrons. The molecule has 1 aromatic carbocycles. The number of benzene rings is 1. The molecule has 0 aliphatic carbocycles. The number of hydrogen-bond donors (Lipinski definition) is 1. The van der Waals surface area contributed by atoms with Gasteiger partial charge in [-0.25, -0.2) is 0 Å². The number of para-hydroxylation sites is 1. The van der Waals surface area contributed by atoms with Gasteiger partial charge in [0.1, 0.15) is 5.75 Å². The highest BCUT2D eigenvalue weighted by Crippen LogP contribution is 2.36. The molecule has 0 aromatic heterocycles. The zero-order valence-electron chi connectivity index (χ0n) is 17.4. The predicted octanol–water partition coefficient (Wildman–Crippen LogP) is 3.65. The number of likely N-dealkylation sites (tertiary alicyclic amines) is 1. The number of allylic oxidation sites excluding steroid dienone is 1. The molecule has 29 heavy (non-hydrogen) atoms. The number of nitrogens with one attached hydrogen (secondary N) is 1. The zero-order chi connectivity index (χ0) is 19.9. The molecule has 1 aromatic rings. The summed E-state index contributed by atoms with van der Waals surface area (Å²) in [7, 11) is 0. The van der Waals surface area contributed by atoms with Gasteiger partial charge in [-0.1, -0.05) is 24.3 Å². The molecule has 0 atom stereocenters. The Morgan fingerprint density at radius 1 is 1.07 bits per heavy atom. The van der Waals surface area contributed by atoms with Crippen LogP contribution in [0.15, 0.2) is 36.4 Å². The number of amides is 1. The number of carbonyl (C=O) groups is 1. The monoisotopic (exact) mass is 398 g/mol. The summed E-state index contributed by atoms with van der Waals surface area (Å²) in [6, 6.07) is 7.56. The number of rotatable bonds is 2. The summed E-state index contributed by atoms with van der Waals surface area (Å²) in [5, 5.41) is 3.23. The van der Waals surface area contributed by atoms with Crippen molar-refractivity contribution in [1.82, 2.24) is 10.2 Å². The van der Waals surface area contributed by atoms with Crippen molar-refractivity contribution in [3.63, 3.8) is 0 Å². The van der Waals surface area contributed by atoms with Gasteiger partial charge in [-0.15, -0.1) is 0 Å². The van der Waals surface area contributed by atoms with Crippen LogP contribution in [0.5, 0.6) is 5.75 Å². The lowest BCUT2D eigenvalue weighted by molar-refractivity contribution is 0.0365. The van der Waals surface area contributed by atoms with Gasteiger partial charge in [0.05, 0.1) is 12.2 Å². The standard InChI is InChI=1S/C24H34N2O3/c27-23-21-6-2-3-7-22(21)29-15-5-1-4-10-24(19-25-23)11-13-26(14-12-24)18-20-8-16-28-17-9-20/h1-4,6-7,20H,5,8-19H2,(H,25,27)/b4-1+. The van der Waals surface area contributed by atoms with Crippen molar-refractivity contribution < 1.29 is 14.3 Å². The molecule has 0 bridgehead atoms. The highest BCUT2D eigenvalue weighted by Gasteiger charge is 2.35. The molecular weight excluding hydrogens is 364 g/mol. The van der Waals surface area contributed by atoms with Crippen LogP contribution in [0, 0.1) is 11.3 Å². The predicted molar refractivity (Wildman–Crippen MR) is 114 cm³/mol. The molecule has 2 fully saturated rings. The van der Waals surface area contributed by atoms with Gasteiger partial charge < -0.3 is 19.7 Å². The summed E-state index contributed by atoms with van der Waals surface area (Å²) in [5.74, 6) is 1.44. The number of piperidine rings is 1. The van der Waals surface area contributed by atoms with Gasteiger partial charge in [-0.3, -0.25) is 4.79 Å². The third-order valence-corrected chi connectivity index (χ3v) is 6.79. The van der Waals surface area contributed by atoms with Gasteiger partial charge in [-0.05, 0) is 75.1 Å². The Morgan fingerprint density at radius 3 is 2.69 bits per heavy atom. The van der Waals surface area contributed by atoms with E-state index in [0.717, 1.165) is 64.4 Å². The minimum Gasteiger partial charge on any atom is -0.492 e. The Morgan fingerprint density at radius 2 is 1.86 bits per heavy atom. The van der Waals surface area contributed by atoms with Crippen LogP contribution in [0.2, 0.25) is 0 Å². The quantitative estimate of drug-likeness (QED) is 0.773. The van der Waals surface area contributed by atoms with Crippen LogP contribution in [0.4, 0.5) is 0 Å². The molecule has 1 spiro atoms. The second kappa shape index (κ2) is 9.77. The average Bonchev–Trinajstić information content (AvgIpc) is 2.76. The summed E-state index contributed by atoms with van der Waals surface area (Å²) in [6.07, 6.45) is 11.1. The highest BCUT2D eigenvalue weighted by molar-refractivity contribution is 5.96. The number of nitrogens with zero attached hydrogens (tertiary/aromatic N) is 1. The largest absolute Gasteiger partial charge is 0.492 e. The number of ether oxygens (including phenoxy) is 2. The van der Waals surface area contributed by atoms with Crippen LogP contribution < -0.4 is 10.1 Å². The minimum absolute atomic E-state index is 0.0193. The molecule has 4 rings (SSSR count). The molecule has 0 unspecified atom stereocenters. The maximum absolute atomic E-state index is 12.8. The van der Waals surface area contributed by atoms with E-state index in [0.29, 0.717) is 17.9 Å². The third-order valence-electron chi connectivity index (χ3n) is 6.79. The molecule has 1 N–H and O–H groups in total. The number of hydrogen-bond acceptors (Lipinski definition) is 4. The van der Waals surface area contributed by atoms with Crippen LogP contribution in [0.3, 0.4) is 0 Å². The first kappa shape index (κ1) is 20.4. The molecule has 0 saturated carbocycles. The topological polar surface area (TPSA) is 50.8 Å². The van der Waals surface area contributed by atoms with Crippen LogP contribution in [-0.2, 0) is 4.74 Å². The first-order valence-electron chi connectivity index (χ1n) is 11.2. The molecule has 5 heteroatoms. The van der Waals surface area contributed by atoms with E-state index in [1.165, 1.54) is 19.4 Å². The van der Waals surface area contributed by atoms with Crippen LogP contribution in [-0.4, -0.2) is 56.8 Å². The first-order chi connectivity index (χ1) is 14.2. The summed E-state index contributed by atoms with van der Waals surface area (Å²) in [5.41, 5.74) is 0.803. The number of carbonyl (C=O) groups excluding carboxylic acids is 1. The molecule has 1 amide bonds. The Labute approximate surface area is 174 Å². The first-order valence-corrected chi connectivity index (χ1v) is 11.2. The maximum atomic E-state index is 12.8. The smallest absolute Gasteiger partial charge is 0.255 e. The van der Waals surface area contributed by atoms with Crippen molar-refractivity contribution in [2.75, 3.05) is 46.0 Å². The minimum atomic E-state index is -0.0193. The van der Waals surface area contributed by atoms with Crippen molar-refractivity contribution in [1.29, 1.82) is 0 Å². The molecule has 0 radical (unpaired) electrons. The Kier molecular flexibility index (Phi) is 6.88. The third kappa shape index (κ3) is 5.40. The van der Waals surface area contributed by atoms with E-state index in [2.05, 4.69) is 22.4 Å². The average molecular weight is 399 g/mol.